The number of ketones is 1. The second-order valence-electron chi connectivity index (χ2n) is 3.96. The van der Waals surface area contributed by atoms with E-state index in [1.807, 2.05) is 0 Å². The van der Waals surface area contributed by atoms with Crippen molar-refractivity contribution in [1.82, 2.24) is 10.1 Å². The summed E-state index contributed by atoms with van der Waals surface area (Å²) in [6, 6.07) is 5.73. The van der Waals surface area contributed by atoms with Crippen LogP contribution in [0.4, 0.5) is 5.69 Å². The zero-order valence-corrected chi connectivity index (χ0v) is 10.6. The maximum absolute atomic E-state index is 11.4. The lowest BCUT2D eigenvalue weighted by molar-refractivity contribution is -0.384. The van der Waals surface area contributed by atoms with Crippen molar-refractivity contribution in [2.45, 2.75) is 6.42 Å². The largest absolute Gasteiger partial charge is 0.377 e. The lowest BCUT2D eigenvalue weighted by Crippen LogP contribution is -2.09. The van der Waals surface area contributed by atoms with Crippen LogP contribution >= 0.6 is 0 Å². The molecule has 1 aromatic carbocycles. The Morgan fingerprint density at radius 3 is 2.70 bits per heavy atom. The van der Waals surface area contributed by atoms with Crippen LogP contribution in [0.15, 0.2) is 28.8 Å². The number of nitro benzene ring substituents is 1. The first-order valence-electron chi connectivity index (χ1n) is 5.68. The first kappa shape index (κ1) is 13.8. The van der Waals surface area contributed by atoms with Gasteiger partial charge in [0.1, 0.15) is 6.61 Å². The number of aromatic nitrogens is 2. The lowest BCUT2D eigenvalue weighted by Gasteiger charge is -1.94. The predicted molar refractivity (Wildman–Crippen MR) is 67.0 cm³/mol. The molecule has 0 aliphatic carbocycles. The molecule has 1 aromatic heterocycles. The third kappa shape index (κ3) is 3.23. The summed E-state index contributed by atoms with van der Waals surface area (Å²) in [7, 11) is 1.42. The monoisotopic (exact) mass is 277 g/mol. The summed E-state index contributed by atoms with van der Waals surface area (Å²) in [5.41, 5.74) is 0.553. The third-order valence-corrected chi connectivity index (χ3v) is 2.46. The van der Waals surface area contributed by atoms with Crippen LogP contribution in [-0.2, 0) is 16.0 Å². The average molecular weight is 277 g/mol. The van der Waals surface area contributed by atoms with Gasteiger partial charge in [-0.2, -0.15) is 4.98 Å². The Bertz CT molecular complexity index is 620. The highest BCUT2D eigenvalue weighted by atomic mass is 16.6. The van der Waals surface area contributed by atoms with Crippen molar-refractivity contribution >= 4 is 11.5 Å². The van der Waals surface area contributed by atoms with Crippen LogP contribution in [0.25, 0.3) is 11.4 Å². The molecule has 0 saturated heterocycles. The van der Waals surface area contributed by atoms with Crippen LogP contribution in [0.5, 0.6) is 0 Å². The number of nitrogens with zero attached hydrogens (tertiary/aromatic N) is 3. The van der Waals surface area contributed by atoms with Gasteiger partial charge >= 0.3 is 0 Å². The molecule has 0 bridgehead atoms. The van der Waals surface area contributed by atoms with Gasteiger partial charge in [-0.1, -0.05) is 5.16 Å². The molecule has 2 rings (SSSR count). The SMILES string of the molecule is COCC(=O)Cc1nc(-c2ccc([N+](=O)[O-])cc2)no1. The summed E-state index contributed by atoms with van der Waals surface area (Å²) in [5.74, 6) is 0.284. The van der Waals surface area contributed by atoms with Crippen molar-refractivity contribution < 1.29 is 19.0 Å². The molecular formula is C12H11N3O5. The van der Waals surface area contributed by atoms with Gasteiger partial charge in [-0.3, -0.25) is 14.9 Å². The van der Waals surface area contributed by atoms with Crippen LogP contribution in [0.1, 0.15) is 5.89 Å². The molecule has 8 heteroatoms. The fraction of sp³-hybridized carbons (Fsp3) is 0.250. The van der Waals surface area contributed by atoms with E-state index in [0.29, 0.717) is 5.56 Å². The van der Waals surface area contributed by atoms with Gasteiger partial charge in [0.15, 0.2) is 5.78 Å². The Hall–Kier alpha value is -2.61. The number of carbonyl (C=O) groups is 1. The van der Waals surface area contributed by atoms with Gasteiger partial charge in [0.05, 0.1) is 11.3 Å². The second-order valence-corrected chi connectivity index (χ2v) is 3.96. The Morgan fingerprint density at radius 2 is 2.10 bits per heavy atom. The van der Waals surface area contributed by atoms with Gasteiger partial charge in [-0.15, -0.1) is 0 Å². The molecule has 0 amide bonds. The zero-order valence-electron chi connectivity index (χ0n) is 10.6. The maximum Gasteiger partial charge on any atom is 0.269 e. The van der Waals surface area contributed by atoms with E-state index in [2.05, 4.69) is 10.1 Å². The van der Waals surface area contributed by atoms with Crippen molar-refractivity contribution in [3.63, 3.8) is 0 Å². The molecule has 0 unspecified atom stereocenters. The number of Topliss-reactive ketones (excluding diaryl/α,β-unsaturated/α-hetero) is 1. The summed E-state index contributed by atoms with van der Waals surface area (Å²) in [6.07, 6.45) is -0.00613. The van der Waals surface area contributed by atoms with Gasteiger partial charge in [0.25, 0.3) is 5.69 Å². The van der Waals surface area contributed by atoms with Crippen molar-refractivity contribution in [2.24, 2.45) is 0 Å². The molecule has 104 valence electrons. The smallest absolute Gasteiger partial charge is 0.269 e. The normalized spacial score (nSPS) is 10.4. The number of ether oxygens (including phenoxy) is 1. The summed E-state index contributed by atoms with van der Waals surface area (Å²) in [4.78, 5) is 25.5. The standard InChI is InChI=1S/C12H11N3O5/c1-19-7-10(16)6-11-13-12(14-20-11)8-2-4-9(5-3-8)15(17)18/h2-5H,6-7H2,1H3. The zero-order chi connectivity index (χ0) is 14.5. The van der Waals surface area contributed by atoms with Crippen molar-refractivity contribution in [3.05, 3.63) is 40.3 Å². The van der Waals surface area contributed by atoms with E-state index in [1.54, 1.807) is 0 Å². The van der Waals surface area contributed by atoms with Crippen molar-refractivity contribution in [3.8, 4) is 11.4 Å². The summed E-state index contributed by atoms with van der Waals surface area (Å²) >= 11 is 0. The van der Waals surface area contributed by atoms with Gasteiger partial charge < -0.3 is 9.26 Å². The number of nitro groups is 1. The first-order chi connectivity index (χ1) is 9.60. The van der Waals surface area contributed by atoms with E-state index < -0.39 is 4.92 Å². The topological polar surface area (TPSA) is 108 Å². The van der Waals surface area contributed by atoms with E-state index in [9.17, 15) is 14.9 Å². The maximum atomic E-state index is 11.4. The molecule has 0 aliphatic rings. The van der Waals surface area contributed by atoms with Gasteiger partial charge in [0, 0.05) is 24.8 Å². The van der Waals surface area contributed by atoms with E-state index >= 15 is 0 Å². The minimum Gasteiger partial charge on any atom is -0.377 e. The molecule has 1 heterocycles. The molecule has 0 spiro atoms. The molecule has 0 saturated carbocycles. The number of hydrogen-bond acceptors (Lipinski definition) is 7. The molecule has 0 radical (unpaired) electrons. The average Bonchev–Trinajstić information content (AvgIpc) is 2.87. The quantitative estimate of drug-likeness (QED) is 0.580. The van der Waals surface area contributed by atoms with E-state index in [0.717, 1.165) is 0 Å². The number of carbonyl (C=O) groups excluding carboxylic acids is 1. The summed E-state index contributed by atoms with van der Waals surface area (Å²) in [5, 5.41) is 14.3. The van der Waals surface area contributed by atoms with Crippen LogP contribution in [0, 0.1) is 10.1 Å². The molecular weight excluding hydrogens is 266 g/mol. The third-order valence-electron chi connectivity index (χ3n) is 2.46. The molecule has 2 aromatic rings. The molecule has 0 atom stereocenters. The number of methoxy groups -OCH3 is 1. The number of non-ortho nitro benzene ring substituents is 1. The minimum atomic E-state index is -0.491. The Labute approximate surface area is 113 Å². The fourth-order valence-corrected chi connectivity index (χ4v) is 1.56. The highest BCUT2D eigenvalue weighted by Crippen LogP contribution is 2.19. The Kier molecular flexibility index (Phi) is 4.16. The van der Waals surface area contributed by atoms with Gasteiger partial charge in [-0.05, 0) is 12.1 Å². The van der Waals surface area contributed by atoms with Crippen LogP contribution in [0.3, 0.4) is 0 Å². The fourth-order valence-electron chi connectivity index (χ4n) is 1.56. The highest BCUT2D eigenvalue weighted by Gasteiger charge is 2.13. The van der Waals surface area contributed by atoms with Crippen molar-refractivity contribution in [1.29, 1.82) is 0 Å². The number of rotatable bonds is 6. The van der Waals surface area contributed by atoms with E-state index in [-0.39, 0.29) is 36.2 Å². The molecule has 8 nitrogen and oxygen atoms in total. The second kappa shape index (κ2) is 6.02. The first-order valence-corrected chi connectivity index (χ1v) is 5.68. The van der Waals surface area contributed by atoms with Crippen LogP contribution in [0.2, 0.25) is 0 Å². The molecule has 0 N–H and O–H groups in total. The van der Waals surface area contributed by atoms with E-state index in [1.165, 1.54) is 31.4 Å². The lowest BCUT2D eigenvalue weighted by atomic mass is 10.2. The van der Waals surface area contributed by atoms with Crippen molar-refractivity contribution in [2.75, 3.05) is 13.7 Å². The van der Waals surface area contributed by atoms with Crippen LogP contribution in [-0.4, -0.2) is 34.6 Å². The minimum absolute atomic E-state index is 0.00613. The Balaban J connectivity index is 2.12. The molecule has 0 aliphatic heterocycles. The summed E-state index contributed by atoms with van der Waals surface area (Å²) < 4.78 is 9.64. The Morgan fingerprint density at radius 1 is 1.40 bits per heavy atom. The van der Waals surface area contributed by atoms with Gasteiger partial charge in [-0.25, -0.2) is 0 Å². The summed E-state index contributed by atoms with van der Waals surface area (Å²) in [6.45, 7) is -0.0186. The number of hydrogen-bond donors (Lipinski definition) is 0. The number of benzene rings is 1. The van der Waals surface area contributed by atoms with Gasteiger partial charge in [0.2, 0.25) is 11.7 Å². The molecule has 0 fully saturated rings. The van der Waals surface area contributed by atoms with E-state index in [4.69, 9.17) is 9.26 Å². The molecule has 20 heavy (non-hydrogen) atoms. The van der Waals surface area contributed by atoms with Crippen LogP contribution < -0.4 is 0 Å². The highest BCUT2D eigenvalue weighted by molar-refractivity contribution is 5.81. The predicted octanol–water partition coefficient (Wildman–Crippen LogP) is 1.40.